The minimum Gasteiger partial charge on any atom is -0.476 e. The monoisotopic (exact) mass is 488 g/mol. The summed E-state index contributed by atoms with van der Waals surface area (Å²) < 4.78 is 39.1. The highest BCUT2D eigenvalue weighted by Crippen LogP contribution is 2.36. The van der Waals surface area contributed by atoms with Crippen molar-refractivity contribution in [2.75, 3.05) is 10.6 Å². The van der Waals surface area contributed by atoms with Crippen LogP contribution in [0, 0.1) is 6.92 Å². The average Bonchev–Trinajstić information content (AvgIpc) is 3.19. The summed E-state index contributed by atoms with van der Waals surface area (Å²) in [5, 5.41) is 20.7. The molecule has 0 unspecified atom stereocenters. The predicted molar refractivity (Wildman–Crippen MR) is 122 cm³/mol. The molecule has 0 bridgehead atoms. The van der Waals surface area contributed by atoms with Crippen molar-refractivity contribution in [1.82, 2.24) is 10.2 Å². The third-order valence-electron chi connectivity index (χ3n) is 5.10. The largest absolute Gasteiger partial charge is 0.476 e. The van der Waals surface area contributed by atoms with Gasteiger partial charge in [-0.15, -0.1) is 0 Å². The van der Waals surface area contributed by atoms with Crippen molar-refractivity contribution in [3.05, 3.63) is 76.4 Å². The van der Waals surface area contributed by atoms with Gasteiger partial charge in [-0.3, -0.25) is 5.10 Å². The summed E-state index contributed by atoms with van der Waals surface area (Å²) >= 11 is 5.61. The molecule has 3 aromatic carbocycles. The van der Waals surface area contributed by atoms with Crippen LogP contribution in [0.1, 0.15) is 21.6 Å². The molecule has 4 N–H and O–H groups in total. The van der Waals surface area contributed by atoms with Crippen LogP contribution >= 0.6 is 11.6 Å². The van der Waals surface area contributed by atoms with Crippen molar-refractivity contribution < 1.29 is 27.9 Å². The molecule has 11 heteroatoms. The van der Waals surface area contributed by atoms with Gasteiger partial charge < -0.3 is 15.7 Å². The molecule has 0 fully saturated rings. The van der Waals surface area contributed by atoms with E-state index in [0.717, 1.165) is 28.8 Å². The molecule has 1 heterocycles. The number of carboxylic acids is 1. The molecule has 0 spiro atoms. The maximum Gasteiger partial charge on any atom is 0.417 e. The maximum absolute atomic E-state index is 13.0. The number of hydrogen-bond acceptors (Lipinski definition) is 3. The number of aromatic amines is 1. The van der Waals surface area contributed by atoms with E-state index in [1.165, 1.54) is 6.07 Å². The number of alkyl halides is 3. The lowest BCUT2D eigenvalue weighted by atomic mass is 9.98. The lowest BCUT2D eigenvalue weighted by Gasteiger charge is -2.13. The number of halogens is 4. The first-order chi connectivity index (χ1) is 16.0. The van der Waals surface area contributed by atoms with Gasteiger partial charge in [0.15, 0.2) is 5.69 Å². The van der Waals surface area contributed by atoms with Crippen molar-refractivity contribution in [3.63, 3.8) is 0 Å². The number of benzene rings is 3. The molecule has 0 atom stereocenters. The van der Waals surface area contributed by atoms with Gasteiger partial charge in [0.2, 0.25) is 0 Å². The zero-order chi connectivity index (χ0) is 24.6. The van der Waals surface area contributed by atoms with E-state index in [9.17, 15) is 27.9 Å². The second-order valence-corrected chi connectivity index (χ2v) is 7.85. The van der Waals surface area contributed by atoms with Crippen molar-refractivity contribution >= 4 is 45.9 Å². The number of amides is 2. The minimum atomic E-state index is -4.65. The molecule has 34 heavy (non-hydrogen) atoms. The van der Waals surface area contributed by atoms with Crippen LogP contribution in [-0.2, 0) is 6.18 Å². The molecule has 174 valence electrons. The molecule has 2 amide bonds. The van der Waals surface area contributed by atoms with Gasteiger partial charge in [0, 0.05) is 16.8 Å². The second kappa shape index (κ2) is 8.71. The number of nitrogens with zero attached hydrogens (tertiary/aromatic N) is 1. The van der Waals surface area contributed by atoms with Gasteiger partial charge >= 0.3 is 18.2 Å². The number of anilines is 2. The SMILES string of the molecule is Cc1ccc(NC(=O)Nc2ccc(Cl)c(C(F)(F)F)c2)cc1-c1ccc2c(C(=O)O)n[nH]c2c1. The Kier molecular flexibility index (Phi) is 5.92. The van der Waals surface area contributed by atoms with Gasteiger partial charge in [-0.25, -0.2) is 9.59 Å². The molecule has 0 aliphatic heterocycles. The Labute approximate surface area is 195 Å². The standard InChI is InChI=1S/C23H16ClF3N4O3/c1-11-2-4-13(28-22(34)29-14-5-7-18(24)17(10-14)23(25,26)27)9-16(11)12-3-6-15-19(8-12)30-31-20(15)21(32)33/h2-10H,1H3,(H,30,31)(H,32,33)(H2,28,29,34). The zero-order valence-electron chi connectivity index (χ0n) is 17.4. The van der Waals surface area contributed by atoms with Crippen LogP contribution in [0.3, 0.4) is 0 Å². The van der Waals surface area contributed by atoms with E-state index in [2.05, 4.69) is 20.8 Å². The summed E-state index contributed by atoms with van der Waals surface area (Å²) in [6.45, 7) is 1.87. The smallest absolute Gasteiger partial charge is 0.417 e. The van der Waals surface area contributed by atoms with Gasteiger partial charge in [-0.2, -0.15) is 18.3 Å². The van der Waals surface area contributed by atoms with Crippen molar-refractivity contribution in [1.29, 1.82) is 0 Å². The Morgan fingerprint density at radius 3 is 2.35 bits per heavy atom. The van der Waals surface area contributed by atoms with Gasteiger partial charge in [-0.05, 0) is 66.1 Å². The van der Waals surface area contributed by atoms with Gasteiger partial charge in [0.25, 0.3) is 0 Å². The fourth-order valence-corrected chi connectivity index (χ4v) is 3.70. The summed E-state index contributed by atoms with van der Waals surface area (Å²) in [4.78, 5) is 23.7. The van der Waals surface area contributed by atoms with Crippen LogP contribution in [0.2, 0.25) is 5.02 Å². The third-order valence-corrected chi connectivity index (χ3v) is 5.43. The number of aryl methyl sites for hydroxylation is 1. The molecule has 4 aromatic rings. The normalized spacial score (nSPS) is 11.4. The third kappa shape index (κ3) is 4.67. The fourth-order valence-electron chi connectivity index (χ4n) is 3.47. The molecule has 7 nitrogen and oxygen atoms in total. The van der Waals surface area contributed by atoms with Gasteiger partial charge in [-0.1, -0.05) is 23.7 Å². The number of hydrogen-bond donors (Lipinski definition) is 4. The quantitative estimate of drug-likeness (QED) is 0.261. The summed E-state index contributed by atoms with van der Waals surface area (Å²) in [7, 11) is 0. The zero-order valence-corrected chi connectivity index (χ0v) is 18.2. The Morgan fingerprint density at radius 1 is 1.00 bits per heavy atom. The van der Waals surface area contributed by atoms with Crippen molar-refractivity contribution in [2.45, 2.75) is 13.1 Å². The Balaban J connectivity index is 1.56. The number of carbonyl (C=O) groups is 2. The first-order valence-corrected chi connectivity index (χ1v) is 10.2. The molecule has 0 aliphatic rings. The summed E-state index contributed by atoms with van der Waals surface area (Å²) in [6, 6.07) is 12.6. The van der Waals surface area contributed by atoms with Crippen LogP contribution in [0.15, 0.2) is 54.6 Å². The highest BCUT2D eigenvalue weighted by molar-refractivity contribution is 6.31. The number of aromatic nitrogens is 2. The van der Waals surface area contributed by atoms with E-state index < -0.39 is 28.8 Å². The number of H-pyrrole nitrogens is 1. The second-order valence-electron chi connectivity index (χ2n) is 7.44. The summed E-state index contributed by atoms with van der Waals surface area (Å²) in [5.74, 6) is -1.14. The van der Waals surface area contributed by atoms with Crippen LogP contribution in [-0.4, -0.2) is 27.3 Å². The van der Waals surface area contributed by atoms with Crippen LogP contribution in [0.25, 0.3) is 22.0 Å². The van der Waals surface area contributed by atoms with E-state index in [1.54, 1.807) is 36.4 Å². The highest BCUT2D eigenvalue weighted by atomic mass is 35.5. The Morgan fingerprint density at radius 2 is 1.68 bits per heavy atom. The van der Waals surface area contributed by atoms with Gasteiger partial charge in [0.1, 0.15) is 0 Å². The summed E-state index contributed by atoms with van der Waals surface area (Å²) in [5.41, 5.74) is 2.13. The van der Waals surface area contributed by atoms with E-state index in [4.69, 9.17) is 11.6 Å². The lowest BCUT2D eigenvalue weighted by molar-refractivity contribution is -0.137. The number of nitrogens with one attached hydrogen (secondary N) is 3. The molecule has 0 saturated carbocycles. The molecular weight excluding hydrogens is 473 g/mol. The fraction of sp³-hybridized carbons (Fsp3) is 0.0870. The number of fused-ring (bicyclic) bond motifs is 1. The molecule has 0 aliphatic carbocycles. The van der Waals surface area contributed by atoms with Gasteiger partial charge in [0.05, 0.1) is 16.1 Å². The van der Waals surface area contributed by atoms with Crippen molar-refractivity contribution in [2.24, 2.45) is 0 Å². The number of carbonyl (C=O) groups excluding carboxylic acids is 1. The van der Waals surface area contributed by atoms with Crippen LogP contribution in [0.4, 0.5) is 29.3 Å². The lowest BCUT2D eigenvalue weighted by Crippen LogP contribution is -2.20. The molecule has 0 saturated heterocycles. The predicted octanol–water partition coefficient (Wildman–Crippen LogP) is 6.55. The number of urea groups is 1. The van der Waals surface area contributed by atoms with Crippen LogP contribution in [0.5, 0.6) is 0 Å². The number of carboxylic acid groups (broad SMARTS) is 1. The molecule has 4 rings (SSSR count). The molecule has 1 aromatic heterocycles. The average molecular weight is 489 g/mol. The maximum atomic E-state index is 13.0. The molecular formula is C23H16ClF3N4O3. The summed E-state index contributed by atoms with van der Waals surface area (Å²) in [6.07, 6.45) is -4.65. The van der Waals surface area contributed by atoms with E-state index >= 15 is 0 Å². The number of aromatic carboxylic acids is 1. The minimum absolute atomic E-state index is 0.0690. The highest BCUT2D eigenvalue weighted by Gasteiger charge is 2.33. The Hall–Kier alpha value is -4.05. The van der Waals surface area contributed by atoms with E-state index in [0.29, 0.717) is 16.6 Å². The first-order valence-electron chi connectivity index (χ1n) is 9.80. The molecule has 0 radical (unpaired) electrons. The topological polar surface area (TPSA) is 107 Å². The van der Waals surface area contributed by atoms with Crippen molar-refractivity contribution in [3.8, 4) is 11.1 Å². The Bertz CT molecular complexity index is 1430. The van der Waals surface area contributed by atoms with E-state index in [1.807, 2.05) is 6.92 Å². The van der Waals surface area contributed by atoms with Crippen LogP contribution < -0.4 is 10.6 Å². The van der Waals surface area contributed by atoms with E-state index in [-0.39, 0.29) is 11.4 Å². The first kappa shape index (κ1) is 23.1. The number of rotatable bonds is 4.